The highest BCUT2D eigenvalue weighted by molar-refractivity contribution is 6.28. The van der Waals surface area contributed by atoms with Crippen molar-refractivity contribution in [3.63, 3.8) is 0 Å². The van der Waals surface area contributed by atoms with E-state index in [9.17, 15) is 0 Å². The Morgan fingerprint density at radius 2 is 1.95 bits per heavy atom. The van der Waals surface area contributed by atoms with Gasteiger partial charge in [0.05, 0.1) is 7.11 Å². The summed E-state index contributed by atoms with van der Waals surface area (Å²) < 4.78 is 6.61. The molecule has 0 aliphatic heterocycles. The molecule has 0 bridgehead atoms. The second-order valence-electron chi connectivity index (χ2n) is 4.03. The third-order valence-electron chi connectivity index (χ3n) is 2.65. The molecule has 0 atom stereocenters. The van der Waals surface area contributed by atoms with Crippen LogP contribution < -0.4 is 10.1 Å². The smallest absolute Gasteiger partial charge is 0.256 e. The van der Waals surface area contributed by atoms with Crippen molar-refractivity contribution in [2.75, 3.05) is 12.4 Å². The quantitative estimate of drug-likeness (QED) is 0.797. The minimum Gasteiger partial charge on any atom is -0.497 e. The first kappa shape index (κ1) is 13.3. The van der Waals surface area contributed by atoms with Gasteiger partial charge in [-0.05, 0) is 41.9 Å². The van der Waals surface area contributed by atoms with Crippen molar-refractivity contribution in [2.45, 2.75) is 0 Å². The van der Waals surface area contributed by atoms with Crippen LogP contribution >= 0.6 is 11.6 Å². The predicted molar refractivity (Wildman–Crippen MR) is 78.2 cm³/mol. The van der Waals surface area contributed by atoms with Gasteiger partial charge in [-0.15, -0.1) is 0 Å². The van der Waals surface area contributed by atoms with Crippen LogP contribution in [-0.4, -0.2) is 31.8 Å². The summed E-state index contributed by atoms with van der Waals surface area (Å²) in [5.74, 6) is 1.45. The molecule has 0 radical (unpaired) electrons. The van der Waals surface area contributed by atoms with Crippen LogP contribution in [0.2, 0.25) is 5.28 Å². The molecule has 0 amide bonds. The molecule has 0 spiro atoms. The fraction of sp³-hybridized carbons (Fsp3) is 0.0769. The molecule has 0 saturated heterocycles. The monoisotopic (exact) mass is 302 g/mol. The fourth-order valence-corrected chi connectivity index (χ4v) is 1.84. The van der Waals surface area contributed by atoms with Crippen LogP contribution in [0.4, 0.5) is 11.6 Å². The molecule has 1 N–H and O–H groups in total. The summed E-state index contributed by atoms with van der Waals surface area (Å²) in [6.07, 6.45) is 3.36. The summed E-state index contributed by atoms with van der Waals surface area (Å²) in [6, 6.07) is 9.14. The van der Waals surface area contributed by atoms with Crippen LogP contribution in [-0.2, 0) is 0 Å². The molecule has 0 aliphatic carbocycles. The Bertz CT molecular complexity index is 729. The zero-order chi connectivity index (χ0) is 14.7. The average Bonchev–Trinajstić information content (AvgIpc) is 3.02. The first-order chi connectivity index (χ1) is 10.2. The van der Waals surface area contributed by atoms with Crippen molar-refractivity contribution in [1.82, 2.24) is 24.7 Å². The minimum atomic E-state index is 0.0894. The van der Waals surface area contributed by atoms with Gasteiger partial charge in [0.1, 0.15) is 5.75 Å². The highest BCUT2D eigenvalue weighted by Gasteiger charge is 2.07. The molecule has 21 heavy (non-hydrogen) atoms. The molecule has 1 aromatic carbocycles. The van der Waals surface area contributed by atoms with E-state index in [1.54, 1.807) is 25.6 Å². The second-order valence-corrected chi connectivity index (χ2v) is 4.37. The number of ether oxygens (including phenoxy) is 1. The Labute approximate surface area is 125 Å². The van der Waals surface area contributed by atoms with E-state index in [-0.39, 0.29) is 5.28 Å². The minimum absolute atomic E-state index is 0.0894. The van der Waals surface area contributed by atoms with Crippen LogP contribution in [0.1, 0.15) is 0 Å². The average molecular weight is 303 g/mol. The number of anilines is 2. The van der Waals surface area contributed by atoms with Gasteiger partial charge in [-0.2, -0.15) is 20.1 Å². The molecule has 2 heterocycles. The number of methoxy groups -OCH3 is 1. The normalized spacial score (nSPS) is 10.4. The molecule has 106 valence electrons. The van der Waals surface area contributed by atoms with Crippen molar-refractivity contribution in [1.29, 1.82) is 0 Å². The summed E-state index contributed by atoms with van der Waals surface area (Å²) in [5, 5.41) is 7.20. The van der Waals surface area contributed by atoms with E-state index in [1.807, 2.05) is 24.3 Å². The molecule has 8 heteroatoms. The largest absolute Gasteiger partial charge is 0.497 e. The number of nitrogens with zero attached hydrogens (tertiary/aromatic N) is 5. The molecule has 7 nitrogen and oxygen atoms in total. The SMILES string of the molecule is COc1ccc(Nc2nc(Cl)nc(-n3cccn3)n2)cc1. The molecular weight excluding hydrogens is 292 g/mol. The van der Waals surface area contributed by atoms with E-state index < -0.39 is 0 Å². The standard InChI is InChI=1S/C13H11ClN6O/c1-21-10-5-3-9(4-6-10)16-12-17-11(14)18-13(19-12)20-8-2-7-15-20/h2-8H,1H3,(H,16,17,18,19). The summed E-state index contributed by atoms with van der Waals surface area (Å²) in [4.78, 5) is 12.3. The van der Waals surface area contributed by atoms with Crippen LogP contribution in [0.15, 0.2) is 42.7 Å². The maximum Gasteiger partial charge on any atom is 0.256 e. The Kier molecular flexibility index (Phi) is 3.65. The Balaban J connectivity index is 1.88. The van der Waals surface area contributed by atoms with Crippen molar-refractivity contribution in [2.24, 2.45) is 0 Å². The van der Waals surface area contributed by atoms with Crippen molar-refractivity contribution >= 4 is 23.2 Å². The van der Waals surface area contributed by atoms with E-state index >= 15 is 0 Å². The van der Waals surface area contributed by atoms with Gasteiger partial charge >= 0.3 is 0 Å². The Morgan fingerprint density at radius 3 is 2.62 bits per heavy atom. The number of halogens is 1. The van der Waals surface area contributed by atoms with E-state index in [0.29, 0.717) is 11.9 Å². The van der Waals surface area contributed by atoms with Gasteiger partial charge in [0.25, 0.3) is 5.95 Å². The summed E-state index contributed by atoms with van der Waals surface area (Å²) in [5.41, 5.74) is 0.810. The molecule has 0 aliphatic rings. The maximum atomic E-state index is 5.92. The molecule has 0 fully saturated rings. The number of nitrogens with one attached hydrogen (secondary N) is 1. The van der Waals surface area contributed by atoms with E-state index in [1.165, 1.54) is 4.68 Å². The first-order valence-corrected chi connectivity index (χ1v) is 6.45. The Morgan fingerprint density at radius 1 is 1.14 bits per heavy atom. The van der Waals surface area contributed by atoms with E-state index in [4.69, 9.17) is 16.3 Å². The second kappa shape index (κ2) is 5.76. The molecule has 0 unspecified atom stereocenters. The highest BCUT2D eigenvalue weighted by atomic mass is 35.5. The third-order valence-corrected chi connectivity index (χ3v) is 2.82. The lowest BCUT2D eigenvalue weighted by Crippen LogP contribution is -2.06. The first-order valence-electron chi connectivity index (χ1n) is 6.07. The molecular formula is C13H11ClN6O. The molecule has 3 rings (SSSR count). The van der Waals surface area contributed by atoms with E-state index in [2.05, 4.69) is 25.4 Å². The number of hydrogen-bond donors (Lipinski definition) is 1. The van der Waals surface area contributed by atoms with Crippen molar-refractivity contribution in [3.05, 3.63) is 48.0 Å². The zero-order valence-electron chi connectivity index (χ0n) is 11.1. The number of hydrogen-bond acceptors (Lipinski definition) is 6. The van der Waals surface area contributed by atoms with Gasteiger partial charge in [0, 0.05) is 18.1 Å². The molecule has 0 saturated carbocycles. The van der Waals surface area contributed by atoms with Crippen LogP contribution in [0.3, 0.4) is 0 Å². The topological polar surface area (TPSA) is 77.8 Å². The predicted octanol–water partition coefficient (Wildman–Crippen LogP) is 2.46. The molecule has 3 aromatic rings. The van der Waals surface area contributed by atoms with Gasteiger partial charge in [0.2, 0.25) is 11.2 Å². The lowest BCUT2D eigenvalue weighted by molar-refractivity contribution is 0.415. The van der Waals surface area contributed by atoms with Gasteiger partial charge in [0.15, 0.2) is 0 Å². The third kappa shape index (κ3) is 3.09. The van der Waals surface area contributed by atoms with Gasteiger partial charge in [-0.25, -0.2) is 4.68 Å². The number of benzene rings is 1. The van der Waals surface area contributed by atoms with Gasteiger partial charge in [-0.3, -0.25) is 0 Å². The lowest BCUT2D eigenvalue weighted by atomic mass is 10.3. The lowest BCUT2D eigenvalue weighted by Gasteiger charge is -2.07. The van der Waals surface area contributed by atoms with Crippen LogP contribution in [0, 0.1) is 0 Å². The van der Waals surface area contributed by atoms with Gasteiger partial charge in [-0.1, -0.05) is 0 Å². The van der Waals surface area contributed by atoms with Crippen molar-refractivity contribution < 1.29 is 4.74 Å². The zero-order valence-corrected chi connectivity index (χ0v) is 11.8. The van der Waals surface area contributed by atoms with E-state index in [0.717, 1.165) is 11.4 Å². The fourth-order valence-electron chi connectivity index (χ4n) is 1.69. The highest BCUT2D eigenvalue weighted by Crippen LogP contribution is 2.18. The summed E-state index contributed by atoms with van der Waals surface area (Å²) in [7, 11) is 1.62. The van der Waals surface area contributed by atoms with Crippen molar-refractivity contribution in [3.8, 4) is 11.7 Å². The maximum absolute atomic E-state index is 5.92. The van der Waals surface area contributed by atoms with Crippen LogP contribution in [0.25, 0.3) is 5.95 Å². The Hall–Kier alpha value is -2.67. The summed E-state index contributed by atoms with van der Waals surface area (Å²) >= 11 is 5.92. The number of rotatable bonds is 4. The number of aromatic nitrogens is 5. The summed E-state index contributed by atoms with van der Waals surface area (Å²) in [6.45, 7) is 0. The van der Waals surface area contributed by atoms with Crippen LogP contribution in [0.5, 0.6) is 5.75 Å². The van der Waals surface area contributed by atoms with Gasteiger partial charge < -0.3 is 10.1 Å². The molecule has 2 aromatic heterocycles.